The number of hydrogen-bond acceptors (Lipinski definition) is 4. The van der Waals surface area contributed by atoms with Crippen LogP contribution in [0.3, 0.4) is 0 Å². The van der Waals surface area contributed by atoms with Crippen LogP contribution in [0.2, 0.25) is 0 Å². The van der Waals surface area contributed by atoms with E-state index >= 15 is 0 Å². The molecule has 62 heavy (non-hydrogen) atoms. The van der Waals surface area contributed by atoms with Crippen LogP contribution in [-0.2, 0) is 0 Å². The predicted octanol–water partition coefficient (Wildman–Crippen LogP) is 17.2. The van der Waals surface area contributed by atoms with Crippen molar-refractivity contribution in [2.24, 2.45) is 0 Å². The van der Waals surface area contributed by atoms with Crippen molar-refractivity contribution in [3.63, 3.8) is 0 Å². The minimum absolute atomic E-state index is 0.866. The molecule has 286 valence electrons. The smallest absolute Gasteiger partial charge is 0.143 e. The van der Waals surface area contributed by atoms with Gasteiger partial charge in [0.2, 0.25) is 0 Å². The molecule has 4 aromatic heterocycles. The summed E-state index contributed by atoms with van der Waals surface area (Å²) in [4.78, 5) is 0. The van der Waals surface area contributed by atoms with Gasteiger partial charge in [-0.1, -0.05) is 121 Å². The maximum atomic E-state index is 6.85. The van der Waals surface area contributed by atoms with E-state index < -0.39 is 0 Å². The Morgan fingerprint density at radius 1 is 0.210 bits per heavy atom. The molecule has 0 spiro atoms. The Bertz CT molecular complexity index is 4170. The van der Waals surface area contributed by atoms with Crippen LogP contribution in [0.25, 0.3) is 153 Å². The normalized spacial score (nSPS) is 12.5. The summed E-state index contributed by atoms with van der Waals surface area (Å²) < 4.78 is 27.1. The largest absolute Gasteiger partial charge is 0.455 e. The average molecular weight is 791 g/mol. The number of rotatable bonds is 2. The highest BCUT2D eigenvalue weighted by atomic mass is 16.3. The molecule has 0 radical (unpaired) electrons. The molecule has 0 unspecified atom stereocenters. The lowest BCUT2D eigenvalue weighted by Crippen LogP contribution is -1.90. The van der Waals surface area contributed by atoms with Crippen molar-refractivity contribution in [2.75, 3.05) is 0 Å². The number of fused-ring (bicyclic) bond motifs is 20. The van der Waals surface area contributed by atoms with Crippen LogP contribution in [0.4, 0.5) is 0 Å². The van der Waals surface area contributed by atoms with Crippen molar-refractivity contribution < 1.29 is 17.7 Å². The molecule has 4 heteroatoms. The molecular weight excluding hydrogens is 761 g/mol. The predicted molar refractivity (Wildman–Crippen MR) is 256 cm³/mol. The molecule has 0 bridgehead atoms. The quantitative estimate of drug-likeness (QED) is 0.129. The lowest BCUT2D eigenvalue weighted by atomic mass is 9.87. The molecule has 4 nitrogen and oxygen atoms in total. The van der Waals surface area contributed by atoms with Gasteiger partial charge in [-0.05, 0) is 104 Å². The third kappa shape index (κ3) is 4.20. The summed E-state index contributed by atoms with van der Waals surface area (Å²) in [6.07, 6.45) is 0. The molecule has 0 atom stereocenters. The number of benzene rings is 11. The van der Waals surface area contributed by atoms with Gasteiger partial charge in [0.15, 0.2) is 0 Å². The lowest BCUT2D eigenvalue weighted by Gasteiger charge is -2.16. The lowest BCUT2D eigenvalue weighted by molar-refractivity contribution is 0.669. The van der Waals surface area contributed by atoms with Crippen molar-refractivity contribution in [1.29, 1.82) is 0 Å². The molecule has 0 saturated heterocycles. The Balaban J connectivity index is 1.11. The monoisotopic (exact) mass is 790 g/mol. The van der Waals surface area contributed by atoms with E-state index in [1.165, 1.54) is 0 Å². The van der Waals surface area contributed by atoms with E-state index in [9.17, 15) is 0 Å². The highest BCUT2D eigenvalue weighted by molar-refractivity contribution is 6.31. The zero-order valence-corrected chi connectivity index (χ0v) is 33.0. The number of furan rings is 4. The van der Waals surface area contributed by atoms with Gasteiger partial charge in [-0.2, -0.15) is 0 Å². The second-order valence-corrected chi connectivity index (χ2v) is 16.6. The van der Waals surface area contributed by atoms with Gasteiger partial charge in [0.25, 0.3) is 0 Å². The molecule has 15 aromatic rings. The van der Waals surface area contributed by atoms with Gasteiger partial charge < -0.3 is 17.7 Å². The van der Waals surface area contributed by atoms with Gasteiger partial charge in [-0.15, -0.1) is 0 Å². The maximum absolute atomic E-state index is 6.85. The highest BCUT2D eigenvalue weighted by Crippen LogP contribution is 2.49. The molecule has 0 aliphatic carbocycles. The molecule has 4 heterocycles. The minimum atomic E-state index is 0.866. The van der Waals surface area contributed by atoms with Crippen LogP contribution < -0.4 is 0 Å². The summed E-state index contributed by atoms with van der Waals surface area (Å²) in [5, 5.41) is 17.7. The van der Waals surface area contributed by atoms with Crippen LogP contribution in [0.15, 0.2) is 200 Å². The van der Waals surface area contributed by atoms with Gasteiger partial charge >= 0.3 is 0 Å². The summed E-state index contributed by atoms with van der Waals surface area (Å²) in [6, 6.07) is 64.7. The van der Waals surface area contributed by atoms with E-state index in [0.717, 1.165) is 153 Å². The van der Waals surface area contributed by atoms with Gasteiger partial charge in [0.05, 0.1) is 0 Å². The first kappa shape index (κ1) is 32.5. The van der Waals surface area contributed by atoms with E-state index in [1.807, 2.05) is 36.4 Å². The molecule has 15 rings (SSSR count). The second kappa shape index (κ2) is 11.7. The molecule has 11 aromatic carbocycles. The first-order valence-electron chi connectivity index (χ1n) is 21.1. The summed E-state index contributed by atoms with van der Waals surface area (Å²) in [7, 11) is 0. The van der Waals surface area contributed by atoms with E-state index in [1.54, 1.807) is 0 Å². The first-order valence-corrected chi connectivity index (χ1v) is 21.1. The third-order valence-corrected chi connectivity index (χ3v) is 13.4. The van der Waals surface area contributed by atoms with Crippen molar-refractivity contribution in [2.45, 2.75) is 0 Å². The number of para-hydroxylation sites is 6. The highest BCUT2D eigenvalue weighted by Gasteiger charge is 2.23. The first-order chi connectivity index (χ1) is 30.7. The fraction of sp³-hybridized carbons (Fsp3) is 0. The third-order valence-electron chi connectivity index (χ3n) is 13.4. The molecule has 0 N–H and O–H groups in total. The van der Waals surface area contributed by atoms with E-state index in [4.69, 9.17) is 17.7 Å². The van der Waals surface area contributed by atoms with Crippen molar-refractivity contribution in [3.05, 3.63) is 182 Å². The molecule has 0 amide bonds. The van der Waals surface area contributed by atoms with Crippen LogP contribution in [0.1, 0.15) is 0 Å². The Morgan fingerprint density at radius 2 is 0.532 bits per heavy atom. The van der Waals surface area contributed by atoms with Crippen molar-refractivity contribution in [1.82, 2.24) is 0 Å². The van der Waals surface area contributed by atoms with Gasteiger partial charge in [0.1, 0.15) is 44.7 Å². The zero-order chi connectivity index (χ0) is 40.2. The van der Waals surface area contributed by atoms with Crippen LogP contribution in [0, 0.1) is 0 Å². The summed E-state index contributed by atoms with van der Waals surface area (Å²) in [5.74, 6) is 0. The van der Waals surface area contributed by atoms with E-state index in [0.29, 0.717) is 0 Å². The minimum Gasteiger partial charge on any atom is -0.455 e. The Kier molecular flexibility index (Phi) is 6.13. The SMILES string of the molecule is c1ccc2c(c1)oc1c(-c3cc4cc5c(cc(-c6cccc7c6oc6ccccc67)c6c5ccc5c7ccccc7oc56)cc4c4ccc5c6ccccc6oc5c34)cccc12. The Morgan fingerprint density at radius 3 is 0.935 bits per heavy atom. The topological polar surface area (TPSA) is 52.6 Å². The second-order valence-electron chi connectivity index (χ2n) is 16.6. The number of hydrogen-bond donors (Lipinski definition) is 0. The van der Waals surface area contributed by atoms with Gasteiger partial charge in [-0.25, -0.2) is 0 Å². The standard InChI is InChI=1S/C58H30O4/c1-5-19-49-33(11-1)39-15-9-17-41(55(39)59-49)47-29-31-27-46-32(28-45(31)37-23-25-43-35-13-3-7-21-51(35)61-57(43)53(37)47)30-48(42-18-10-16-40-34-12-2-6-20-50(34)60-56(40)42)54-38(46)24-26-44-36-14-4-8-22-52(36)62-58(44)54/h1-30H. The van der Waals surface area contributed by atoms with Crippen LogP contribution in [0.5, 0.6) is 0 Å². The fourth-order valence-electron chi connectivity index (χ4n) is 10.7. The average Bonchev–Trinajstić information content (AvgIpc) is 4.10. The summed E-state index contributed by atoms with van der Waals surface area (Å²) in [5.41, 5.74) is 11.2. The Labute approximate surface area is 351 Å². The van der Waals surface area contributed by atoms with Gasteiger partial charge in [-0.3, -0.25) is 0 Å². The zero-order valence-electron chi connectivity index (χ0n) is 33.0. The van der Waals surface area contributed by atoms with Crippen molar-refractivity contribution >= 4 is 131 Å². The molecule has 0 fully saturated rings. The molecular formula is C58H30O4. The van der Waals surface area contributed by atoms with Crippen molar-refractivity contribution in [3.8, 4) is 22.3 Å². The molecule has 0 saturated carbocycles. The van der Waals surface area contributed by atoms with Gasteiger partial charge in [0, 0.05) is 65.0 Å². The van der Waals surface area contributed by atoms with Crippen LogP contribution >= 0.6 is 0 Å². The maximum Gasteiger partial charge on any atom is 0.143 e. The fourth-order valence-corrected chi connectivity index (χ4v) is 10.7. The Hall–Kier alpha value is -8.34. The molecule has 0 aliphatic heterocycles. The summed E-state index contributed by atoms with van der Waals surface area (Å²) >= 11 is 0. The summed E-state index contributed by atoms with van der Waals surface area (Å²) in [6.45, 7) is 0. The van der Waals surface area contributed by atoms with E-state index in [2.05, 4.69) is 146 Å². The molecule has 0 aliphatic rings. The van der Waals surface area contributed by atoms with Crippen LogP contribution in [-0.4, -0.2) is 0 Å². The van der Waals surface area contributed by atoms with E-state index in [-0.39, 0.29) is 0 Å².